The largest absolute Gasteiger partial charge is 0.343 e. The summed E-state index contributed by atoms with van der Waals surface area (Å²) in [4.78, 5) is 11.3. The van der Waals surface area contributed by atoms with Crippen LogP contribution >= 0.6 is 23.1 Å². The normalized spacial score (nSPS) is 14.8. The van der Waals surface area contributed by atoms with Crippen molar-refractivity contribution in [3.63, 3.8) is 0 Å². The van der Waals surface area contributed by atoms with Gasteiger partial charge in [-0.2, -0.15) is 11.3 Å². The molecule has 2 aromatic heterocycles. The van der Waals surface area contributed by atoms with E-state index >= 15 is 0 Å². The molecule has 2 unspecified atom stereocenters. The summed E-state index contributed by atoms with van der Waals surface area (Å²) in [6, 6.07) is 2.04. The summed E-state index contributed by atoms with van der Waals surface area (Å²) in [7, 11) is 1.69. The number of nitrogens with two attached hydrogens (primary N) is 1. The van der Waals surface area contributed by atoms with Crippen molar-refractivity contribution in [2.45, 2.75) is 23.4 Å². The molecule has 92 valence electrons. The fourth-order valence-electron chi connectivity index (χ4n) is 1.47. The van der Waals surface area contributed by atoms with Gasteiger partial charge in [-0.1, -0.05) is 11.8 Å². The van der Waals surface area contributed by atoms with E-state index in [4.69, 9.17) is 5.73 Å². The summed E-state index contributed by atoms with van der Waals surface area (Å²) in [5.74, 6) is 0. The molecule has 5 nitrogen and oxygen atoms in total. The Morgan fingerprint density at radius 1 is 1.65 bits per heavy atom. The SMILES string of the molecule is CC(N)C(Sc1n[nH]c(=O)n1C)c1ccsc1. The second-order valence-corrected chi connectivity index (χ2v) is 5.71. The Kier molecular flexibility index (Phi) is 3.70. The second kappa shape index (κ2) is 5.07. The average molecular weight is 270 g/mol. The lowest BCUT2D eigenvalue weighted by molar-refractivity contribution is 0.708. The Balaban J connectivity index is 2.25. The van der Waals surface area contributed by atoms with Gasteiger partial charge in [0.1, 0.15) is 0 Å². The monoisotopic (exact) mass is 270 g/mol. The molecule has 2 heterocycles. The number of nitrogens with one attached hydrogen (secondary N) is 1. The molecular formula is C10H14N4OS2. The minimum Gasteiger partial charge on any atom is -0.327 e. The topological polar surface area (TPSA) is 76.7 Å². The van der Waals surface area contributed by atoms with Gasteiger partial charge in [0.05, 0.1) is 5.25 Å². The van der Waals surface area contributed by atoms with Crippen LogP contribution in [-0.2, 0) is 7.05 Å². The highest BCUT2D eigenvalue weighted by Gasteiger charge is 2.20. The first-order valence-electron chi connectivity index (χ1n) is 5.15. The molecule has 0 bridgehead atoms. The number of hydrogen-bond acceptors (Lipinski definition) is 5. The van der Waals surface area contributed by atoms with E-state index in [0.717, 1.165) is 0 Å². The third-order valence-corrected chi connectivity index (χ3v) is 4.65. The quantitative estimate of drug-likeness (QED) is 0.822. The van der Waals surface area contributed by atoms with Crippen molar-refractivity contribution >= 4 is 23.1 Å². The molecule has 0 saturated heterocycles. The van der Waals surface area contributed by atoms with Gasteiger partial charge in [-0.05, 0) is 29.3 Å². The van der Waals surface area contributed by atoms with E-state index in [2.05, 4.69) is 21.6 Å². The van der Waals surface area contributed by atoms with Crippen LogP contribution in [0.4, 0.5) is 0 Å². The molecule has 7 heteroatoms. The fourth-order valence-corrected chi connectivity index (χ4v) is 3.31. The molecule has 0 amide bonds. The third kappa shape index (κ3) is 2.62. The van der Waals surface area contributed by atoms with Crippen molar-refractivity contribution in [1.29, 1.82) is 0 Å². The van der Waals surface area contributed by atoms with Crippen LogP contribution in [0.15, 0.2) is 26.8 Å². The number of hydrogen-bond donors (Lipinski definition) is 2. The van der Waals surface area contributed by atoms with Gasteiger partial charge in [0, 0.05) is 13.1 Å². The summed E-state index contributed by atoms with van der Waals surface area (Å²) in [5, 5.41) is 11.3. The molecule has 2 atom stereocenters. The molecule has 2 rings (SSSR count). The van der Waals surface area contributed by atoms with Gasteiger partial charge in [-0.15, -0.1) is 5.10 Å². The Morgan fingerprint density at radius 3 is 2.88 bits per heavy atom. The number of aromatic nitrogens is 3. The van der Waals surface area contributed by atoms with Crippen LogP contribution in [0.25, 0.3) is 0 Å². The first-order chi connectivity index (χ1) is 8.09. The Bertz CT molecular complexity index is 529. The van der Waals surface area contributed by atoms with Crippen LogP contribution in [-0.4, -0.2) is 20.8 Å². The van der Waals surface area contributed by atoms with Crippen molar-refractivity contribution in [1.82, 2.24) is 14.8 Å². The molecule has 0 aliphatic rings. The van der Waals surface area contributed by atoms with Crippen molar-refractivity contribution < 1.29 is 0 Å². The number of nitrogens with zero attached hydrogens (tertiary/aromatic N) is 2. The highest BCUT2D eigenvalue weighted by molar-refractivity contribution is 7.99. The Hall–Kier alpha value is -1.05. The highest BCUT2D eigenvalue weighted by atomic mass is 32.2. The van der Waals surface area contributed by atoms with Gasteiger partial charge in [0.2, 0.25) is 0 Å². The summed E-state index contributed by atoms with van der Waals surface area (Å²) < 4.78 is 1.49. The maximum absolute atomic E-state index is 11.3. The first kappa shape index (κ1) is 12.4. The minimum atomic E-state index is -0.207. The summed E-state index contributed by atoms with van der Waals surface area (Å²) in [6.45, 7) is 1.96. The van der Waals surface area contributed by atoms with E-state index in [9.17, 15) is 4.79 Å². The average Bonchev–Trinajstić information content (AvgIpc) is 2.89. The van der Waals surface area contributed by atoms with Gasteiger partial charge in [0.25, 0.3) is 0 Å². The maximum atomic E-state index is 11.3. The number of rotatable bonds is 4. The Morgan fingerprint density at radius 2 is 2.41 bits per heavy atom. The van der Waals surface area contributed by atoms with E-state index in [1.807, 2.05) is 12.3 Å². The predicted octanol–water partition coefficient (Wildman–Crippen LogP) is 1.35. The van der Waals surface area contributed by atoms with Crippen molar-refractivity contribution in [2.75, 3.05) is 0 Å². The number of thiophene rings is 1. The molecule has 0 radical (unpaired) electrons. The minimum absolute atomic E-state index is 0.0126. The smallest absolute Gasteiger partial charge is 0.327 e. The second-order valence-electron chi connectivity index (χ2n) is 3.82. The zero-order chi connectivity index (χ0) is 12.4. The molecule has 3 N–H and O–H groups in total. The molecule has 0 aliphatic carbocycles. The number of H-pyrrole nitrogens is 1. The molecule has 2 aromatic rings. The predicted molar refractivity (Wildman–Crippen MR) is 70.4 cm³/mol. The lowest BCUT2D eigenvalue weighted by atomic mass is 10.1. The summed E-state index contributed by atoms with van der Waals surface area (Å²) in [6.07, 6.45) is 0. The Labute approximate surface area is 107 Å². The van der Waals surface area contributed by atoms with Gasteiger partial charge in [-0.25, -0.2) is 9.89 Å². The lowest BCUT2D eigenvalue weighted by Gasteiger charge is -2.18. The highest BCUT2D eigenvalue weighted by Crippen LogP contribution is 2.36. The first-order valence-corrected chi connectivity index (χ1v) is 6.97. The van der Waals surface area contributed by atoms with Crippen LogP contribution in [0.2, 0.25) is 0 Å². The van der Waals surface area contributed by atoms with Crippen LogP contribution in [0.3, 0.4) is 0 Å². The van der Waals surface area contributed by atoms with Crippen LogP contribution in [0, 0.1) is 0 Å². The fraction of sp³-hybridized carbons (Fsp3) is 0.400. The summed E-state index contributed by atoms with van der Waals surface area (Å²) in [5.41, 5.74) is 6.96. The molecule has 17 heavy (non-hydrogen) atoms. The van der Waals surface area contributed by atoms with Crippen molar-refractivity contribution in [3.8, 4) is 0 Å². The zero-order valence-corrected chi connectivity index (χ0v) is 11.2. The standard InChI is InChI=1S/C10H14N4OS2/c1-6(11)8(7-3-4-16-5-7)17-10-13-12-9(15)14(10)2/h3-6,8H,11H2,1-2H3,(H,12,15). The van der Waals surface area contributed by atoms with E-state index in [0.29, 0.717) is 5.16 Å². The van der Waals surface area contributed by atoms with E-state index in [-0.39, 0.29) is 17.0 Å². The molecule has 0 saturated carbocycles. The third-order valence-electron chi connectivity index (χ3n) is 2.42. The van der Waals surface area contributed by atoms with Gasteiger partial charge in [-0.3, -0.25) is 4.57 Å². The lowest BCUT2D eigenvalue weighted by Crippen LogP contribution is -2.23. The zero-order valence-electron chi connectivity index (χ0n) is 9.58. The van der Waals surface area contributed by atoms with Crippen molar-refractivity contribution in [3.05, 3.63) is 32.9 Å². The van der Waals surface area contributed by atoms with Crippen LogP contribution in [0.5, 0.6) is 0 Å². The molecule has 0 spiro atoms. The van der Waals surface area contributed by atoms with Gasteiger partial charge >= 0.3 is 5.69 Å². The molecule has 0 aromatic carbocycles. The van der Waals surface area contributed by atoms with Gasteiger partial charge < -0.3 is 5.73 Å². The molecule has 0 fully saturated rings. The van der Waals surface area contributed by atoms with Gasteiger partial charge in [0.15, 0.2) is 5.16 Å². The van der Waals surface area contributed by atoms with Crippen LogP contribution < -0.4 is 11.4 Å². The molecular weight excluding hydrogens is 256 g/mol. The van der Waals surface area contributed by atoms with Crippen molar-refractivity contribution in [2.24, 2.45) is 12.8 Å². The van der Waals surface area contributed by atoms with E-state index < -0.39 is 0 Å². The van der Waals surface area contributed by atoms with Crippen LogP contribution in [0.1, 0.15) is 17.7 Å². The number of aromatic amines is 1. The maximum Gasteiger partial charge on any atom is 0.343 e. The van der Waals surface area contributed by atoms with E-state index in [1.54, 1.807) is 18.4 Å². The van der Waals surface area contributed by atoms with E-state index in [1.165, 1.54) is 21.9 Å². The number of thioether (sulfide) groups is 1. The molecule has 0 aliphatic heterocycles. The summed E-state index contributed by atoms with van der Waals surface area (Å²) >= 11 is 3.14.